The van der Waals surface area contributed by atoms with Gasteiger partial charge in [0.05, 0.1) is 12.6 Å². The van der Waals surface area contributed by atoms with Crippen molar-refractivity contribution in [3.05, 3.63) is 70.9 Å². The smallest absolute Gasteiger partial charge is 0.231 e. The summed E-state index contributed by atoms with van der Waals surface area (Å²) in [6.45, 7) is 6.52. The van der Waals surface area contributed by atoms with Gasteiger partial charge in [0.2, 0.25) is 5.95 Å². The molecule has 0 fully saturated rings. The largest absolute Gasteiger partial charge is 0.494 e. The summed E-state index contributed by atoms with van der Waals surface area (Å²) >= 11 is 11.4. The van der Waals surface area contributed by atoms with E-state index in [2.05, 4.69) is 25.9 Å². The zero-order valence-corrected chi connectivity index (χ0v) is 18.6. The van der Waals surface area contributed by atoms with Crippen molar-refractivity contribution in [1.82, 2.24) is 15.3 Å². The van der Waals surface area contributed by atoms with Crippen LogP contribution in [0, 0.1) is 6.92 Å². The zero-order chi connectivity index (χ0) is 21.5. The molecule has 0 unspecified atom stereocenters. The van der Waals surface area contributed by atoms with Gasteiger partial charge < -0.3 is 20.7 Å². The number of halogens is 1. The number of nitrogens with zero attached hydrogens (tertiary/aromatic N) is 2. The second-order valence-corrected chi connectivity index (χ2v) is 7.52. The zero-order valence-electron chi connectivity index (χ0n) is 17.1. The van der Waals surface area contributed by atoms with Crippen molar-refractivity contribution in [1.29, 1.82) is 0 Å². The molecule has 3 N–H and O–H groups in total. The van der Waals surface area contributed by atoms with Crippen LogP contribution >= 0.6 is 23.8 Å². The van der Waals surface area contributed by atoms with Gasteiger partial charge in [-0.2, -0.15) is 4.98 Å². The lowest BCUT2D eigenvalue weighted by Crippen LogP contribution is -2.31. The Morgan fingerprint density at radius 3 is 2.47 bits per heavy atom. The highest BCUT2D eigenvalue weighted by atomic mass is 35.5. The van der Waals surface area contributed by atoms with E-state index >= 15 is 0 Å². The monoisotopic (exact) mass is 441 g/mol. The van der Waals surface area contributed by atoms with Gasteiger partial charge in [-0.15, -0.1) is 0 Å². The van der Waals surface area contributed by atoms with Gasteiger partial charge in [-0.25, -0.2) is 4.98 Å². The van der Waals surface area contributed by atoms with E-state index in [-0.39, 0.29) is 6.04 Å². The molecule has 2 aromatic carbocycles. The van der Waals surface area contributed by atoms with Crippen LogP contribution in [0.1, 0.15) is 31.1 Å². The number of benzene rings is 2. The summed E-state index contributed by atoms with van der Waals surface area (Å²) in [5, 5.41) is 10.7. The fourth-order valence-corrected chi connectivity index (χ4v) is 3.20. The van der Waals surface area contributed by atoms with Crippen molar-refractivity contribution in [3.63, 3.8) is 0 Å². The minimum atomic E-state index is 0.00789. The molecule has 0 aliphatic rings. The Morgan fingerprint density at radius 1 is 1.10 bits per heavy atom. The first-order chi connectivity index (χ1) is 14.4. The van der Waals surface area contributed by atoms with Gasteiger partial charge in [0.1, 0.15) is 11.6 Å². The maximum atomic E-state index is 5.95. The van der Waals surface area contributed by atoms with E-state index in [1.165, 1.54) is 0 Å². The molecule has 3 rings (SSSR count). The maximum absolute atomic E-state index is 5.95. The Bertz CT molecular complexity index is 995. The summed E-state index contributed by atoms with van der Waals surface area (Å²) < 4.78 is 5.47. The second kappa shape index (κ2) is 10.2. The third-order valence-corrected chi connectivity index (χ3v) is 4.71. The molecule has 6 nitrogen and oxygen atoms in total. The first-order valence-electron chi connectivity index (χ1n) is 9.61. The summed E-state index contributed by atoms with van der Waals surface area (Å²) in [6.07, 6.45) is 0. The molecule has 0 spiro atoms. The van der Waals surface area contributed by atoms with Crippen molar-refractivity contribution in [3.8, 4) is 5.75 Å². The van der Waals surface area contributed by atoms with E-state index in [4.69, 9.17) is 28.6 Å². The number of nitrogens with one attached hydrogen (secondary N) is 3. The molecular formula is C22H24ClN5OS. The fraction of sp³-hybridized carbons (Fsp3) is 0.227. The normalized spacial score (nSPS) is 11.5. The molecular weight excluding hydrogens is 418 g/mol. The van der Waals surface area contributed by atoms with Crippen LogP contribution < -0.4 is 20.7 Å². The summed E-state index contributed by atoms with van der Waals surface area (Å²) in [6, 6.07) is 17.2. The van der Waals surface area contributed by atoms with Gasteiger partial charge >= 0.3 is 0 Å². The Balaban J connectivity index is 1.64. The molecule has 156 valence electrons. The fourth-order valence-electron chi connectivity index (χ4n) is 2.81. The summed E-state index contributed by atoms with van der Waals surface area (Å²) in [7, 11) is 0. The molecule has 0 bridgehead atoms. The minimum Gasteiger partial charge on any atom is -0.494 e. The SMILES string of the molecule is CCOc1ccc(Nc2cc(C)nc(NC(=S)N[C@@H](C)c3ccc(Cl)cc3)n2)cc1. The Hall–Kier alpha value is -2.90. The highest BCUT2D eigenvalue weighted by Gasteiger charge is 2.09. The van der Waals surface area contributed by atoms with Crippen LogP contribution in [0.15, 0.2) is 54.6 Å². The van der Waals surface area contributed by atoms with Crippen LogP contribution in [0.5, 0.6) is 5.75 Å². The average Bonchev–Trinajstić information content (AvgIpc) is 2.69. The van der Waals surface area contributed by atoms with Crippen molar-refractivity contribution >= 4 is 46.4 Å². The van der Waals surface area contributed by atoms with Crippen molar-refractivity contribution in [2.24, 2.45) is 0 Å². The van der Waals surface area contributed by atoms with Gasteiger partial charge in [-0.3, -0.25) is 0 Å². The van der Waals surface area contributed by atoms with Gasteiger partial charge in [-0.05, 0) is 75.0 Å². The van der Waals surface area contributed by atoms with E-state index in [1.807, 2.05) is 75.4 Å². The molecule has 0 amide bonds. The van der Waals surface area contributed by atoms with Crippen LogP contribution in [0.3, 0.4) is 0 Å². The number of thiocarbonyl (C=S) groups is 1. The topological polar surface area (TPSA) is 71.1 Å². The van der Waals surface area contributed by atoms with Crippen LogP contribution in [0.2, 0.25) is 5.02 Å². The maximum Gasteiger partial charge on any atom is 0.231 e. The predicted molar refractivity (Wildman–Crippen MR) is 127 cm³/mol. The molecule has 3 aromatic rings. The molecule has 1 atom stereocenters. The molecule has 0 aliphatic carbocycles. The number of rotatable bonds is 7. The number of aromatic nitrogens is 2. The lowest BCUT2D eigenvalue weighted by molar-refractivity contribution is 0.340. The van der Waals surface area contributed by atoms with Gasteiger partial charge in [0.25, 0.3) is 0 Å². The lowest BCUT2D eigenvalue weighted by atomic mass is 10.1. The van der Waals surface area contributed by atoms with Crippen molar-refractivity contribution < 1.29 is 4.74 Å². The number of ether oxygens (including phenoxy) is 1. The average molecular weight is 442 g/mol. The van der Waals surface area contributed by atoms with E-state index in [1.54, 1.807) is 0 Å². The highest BCUT2D eigenvalue weighted by molar-refractivity contribution is 7.80. The van der Waals surface area contributed by atoms with E-state index in [0.29, 0.717) is 28.5 Å². The third-order valence-electron chi connectivity index (χ3n) is 4.23. The quantitative estimate of drug-likeness (QED) is 0.410. The summed E-state index contributed by atoms with van der Waals surface area (Å²) in [5.41, 5.74) is 2.79. The Morgan fingerprint density at radius 2 is 1.80 bits per heavy atom. The first-order valence-corrected chi connectivity index (χ1v) is 10.4. The first kappa shape index (κ1) is 21.8. The third kappa shape index (κ3) is 6.30. The van der Waals surface area contributed by atoms with Crippen molar-refractivity contribution in [2.45, 2.75) is 26.8 Å². The number of aryl methyl sites for hydroxylation is 1. The summed E-state index contributed by atoms with van der Waals surface area (Å²) in [5.74, 6) is 1.92. The van der Waals surface area contributed by atoms with Gasteiger partial charge in [0.15, 0.2) is 5.11 Å². The molecule has 8 heteroatoms. The molecule has 0 aliphatic heterocycles. The van der Waals surface area contributed by atoms with E-state index in [0.717, 1.165) is 22.7 Å². The van der Waals surface area contributed by atoms with Crippen LogP contribution in [0.25, 0.3) is 0 Å². The molecule has 0 saturated carbocycles. The molecule has 0 radical (unpaired) electrons. The molecule has 0 saturated heterocycles. The number of anilines is 3. The molecule has 1 aromatic heterocycles. The lowest BCUT2D eigenvalue weighted by Gasteiger charge is -2.17. The van der Waals surface area contributed by atoms with E-state index in [9.17, 15) is 0 Å². The Labute approximate surface area is 187 Å². The minimum absolute atomic E-state index is 0.00789. The molecule has 1 heterocycles. The highest BCUT2D eigenvalue weighted by Crippen LogP contribution is 2.20. The number of hydrogen-bond donors (Lipinski definition) is 3. The second-order valence-electron chi connectivity index (χ2n) is 6.67. The molecule has 30 heavy (non-hydrogen) atoms. The van der Waals surface area contributed by atoms with Crippen LogP contribution in [0.4, 0.5) is 17.5 Å². The van der Waals surface area contributed by atoms with Gasteiger partial charge in [0, 0.05) is 22.5 Å². The summed E-state index contributed by atoms with van der Waals surface area (Å²) in [4.78, 5) is 8.93. The van der Waals surface area contributed by atoms with Crippen LogP contribution in [-0.4, -0.2) is 21.7 Å². The number of hydrogen-bond acceptors (Lipinski definition) is 5. The van der Waals surface area contributed by atoms with Crippen LogP contribution in [-0.2, 0) is 0 Å². The predicted octanol–water partition coefficient (Wildman–Crippen LogP) is 5.63. The standard InChI is InChI=1S/C22H24ClN5OS/c1-4-29-19-11-9-18(10-12-19)26-20-13-14(2)24-21(27-20)28-22(30)25-15(3)16-5-7-17(23)8-6-16/h5-13,15H,4H2,1-3H3,(H3,24,25,26,27,28,30)/t15-/m0/s1. The van der Waals surface area contributed by atoms with E-state index < -0.39 is 0 Å². The van der Waals surface area contributed by atoms with Gasteiger partial charge in [-0.1, -0.05) is 23.7 Å². The Kier molecular flexibility index (Phi) is 7.43. The van der Waals surface area contributed by atoms with Crippen molar-refractivity contribution in [2.75, 3.05) is 17.2 Å².